The summed E-state index contributed by atoms with van der Waals surface area (Å²) in [5.74, 6) is -2.42. The number of carboxylic acid groups (broad SMARTS) is 2. The van der Waals surface area contributed by atoms with Crippen molar-refractivity contribution in [2.75, 3.05) is 7.11 Å². The van der Waals surface area contributed by atoms with Crippen LogP contribution in [0, 0.1) is 0 Å². The largest absolute Gasteiger partial charge is 0.497 e. The molecule has 1 rings (SSSR count). The van der Waals surface area contributed by atoms with Crippen molar-refractivity contribution in [1.29, 1.82) is 0 Å². The summed E-state index contributed by atoms with van der Waals surface area (Å²) in [7, 11) is 1.37. The number of aliphatic hydroxyl groups excluding tert-OH is 2. The van der Waals surface area contributed by atoms with Crippen molar-refractivity contribution >= 4 is 11.9 Å². The van der Waals surface area contributed by atoms with E-state index in [-0.39, 0.29) is 11.1 Å². The van der Waals surface area contributed by atoms with Crippen LogP contribution in [0.5, 0.6) is 5.75 Å². The van der Waals surface area contributed by atoms with Crippen LogP contribution in [0.2, 0.25) is 0 Å². The number of methoxy groups -OCH3 is 1. The summed E-state index contributed by atoms with van der Waals surface area (Å²) < 4.78 is 4.92. The molecule has 0 amide bonds. The molecule has 0 saturated heterocycles. The molecule has 4 N–H and O–H groups in total. The molecule has 0 aliphatic carbocycles. The summed E-state index contributed by atoms with van der Waals surface area (Å²) in [6.07, 6.45) is -4.18. The van der Waals surface area contributed by atoms with E-state index in [9.17, 15) is 19.8 Å². The van der Waals surface area contributed by atoms with Gasteiger partial charge in [-0.05, 0) is 23.3 Å². The van der Waals surface area contributed by atoms with Gasteiger partial charge in [0, 0.05) is 0 Å². The van der Waals surface area contributed by atoms with Crippen molar-refractivity contribution in [3.05, 3.63) is 29.3 Å². The lowest BCUT2D eigenvalue weighted by atomic mass is 9.96. The van der Waals surface area contributed by atoms with Gasteiger partial charge in [0.05, 0.1) is 13.5 Å². The van der Waals surface area contributed by atoms with Crippen LogP contribution in [-0.2, 0) is 16.0 Å². The van der Waals surface area contributed by atoms with E-state index in [4.69, 9.17) is 14.9 Å². The van der Waals surface area contributed by atoms with Crippen molar-refractivity contribution < 1.29 is 34.8 Å². The molecule has 0 bridgehead atoms. The highest BCUT2D eigenvalue weighted by molar-refractivity contribution is 5.74. The third-order valence-corrected chi connectivity index (χ3v) is 2.57. The zero-order chi connectivity index (χ0) is 14.6. The molecule has 0 aliphatic heterocycles. The number of hydrogen-bond donors (Lipinski definition) is 4. The number of hydrogen-bond acceptors (Lipinski definition) is 5. The van der Waals surface area contributed by atoms with Crippen LogP contribution in [0.3, 0.4) is 0 Å². The standard InChI is InChI=1S/C12H14O7/c1-19-7-3-2-6(4-9(13)14)8(5-7)10(15)11(16)12(17)18/h2-3,5,10-11,15-16H,4H2,1H3,(H,13,14)(H,17,18). The van der Waals surface area contributed by atoms with Crippen molar-refractivity contribution in [3.8, 4) is 5.75 Å². The van der Waals surface area contributed by atoms with Gasteiger partial charge < -0.3 is 25.2 Å². The van der Waals surface area contributed by atoms with Gasteiger partial charge in [-0.25, -0.2) is 4.79 Å². The highest BCUT2D eigenvalue weighted by atomic mass is 16.5. The number of aliphatic hydroxyl groups is 2. The van der Waals surface area contributed by atoms with Gasteiger partial charge in [0.25, 0.3) is 0 Å². The molecule has 1 aromatic carbocycles. The van der Waals surface area contributed by atoms with Crippen LogP contribution >= 0.6 is 0 Å². The highest BCUT2D eigenvalue weighted by Gasteiger charge is 2.27. The zero-order valence-electron chi connectivity index (χ0n) is 10.1. The third kappa shape index (κ3) is 3.67. The molecule has 0 saturated carbocycles. The Bertz CT molecular complexity index is 483. The fourth-order valence-electron chi connectivity index (χ4n) is 1.60. The van der Waals surface area contributed by atoms with Crippen molar-refractivity contribution in [1.82, 2.24) is 0 Å². The molecular weight excluding hydrogens is 256 g/mol. The van der Waals surface area contributed by atoms with Gasteiger partial charge in [-0.3, -0.25) is 4.79 Å². The van der Waals surface area contributed by atoms with Crippen molar-refractivity contribution in [3.63, 3.8) is 0 Å². The quantitative estimate of drug-likeness (QED) is 0.564. The Kier molecular flexibility index (Phi) is 4.85. The smallest absolute Gasteiger partial charge is 0.335 e. The second-order valence-electron chi connectivity index (χ2n) is 3.86. The molecule has 1 aromatic rings. The first-order valence-electron chi connectivity index (χ1n) is 5.34. The highest BCUT2D eigenvalue weighted by Crippen LogP contribution is 2.26. The van der Waals surface area contributed by atoms with Crippen LogP contribution in [0.25, 0.3) is 0 Å². The first kappa shape index (κ1) is 14.9. The molecule has 0 spiro atoms. The Balaban J connectivity index is 3.20. The predicted octanol–water partition coefficient (Wildman–Crippen LogP) is -0.199. The molecule has 19 heavy (non-hydrogen) atoms. The van der Waals surface area contributed by atoms with E-state index in [2.05, 4.69) is 0 Å². The predicted molar refractivity (Wildman–Crippen MR) is 62.9 cm³/mol. The minimum Gasteiger partial charge on any atom is -0.497 e. The lowest BCUT2D eigenvalue weighted by Crippen LogP contribution is -2.28. The maximum Gasteiger partial charge on any atom is 0.335 e. The van der Waals surface area contributed by atoms with Crippen LogP contribution in [0.15, 0.2) is 18.2 Å². The lowest BCUT2D eigenvalue weighted by molar-refractivity contribution is -0.153. The van der Waals surface area contributed by atoms with E-state index in [1.54, 1.807) is 0 Å². The molecule has 104 valence electrons. The summed E-state index contributed by atoms with van der Waals surface area (Å²) in [6.45, 7) is 0. The molecule has 0 aliphatic rings. The number of rotatable bonds is 6. The molecule has 2 atom stereocenters. The van der Waals surface area contributed by atoms with Gasteiger partial charge in [-0.1, -0.05) is 6.07 Å². The molecule has 0 radical (unpaired) electrons. The molecule has 0 fully saturated rings. The summed E-state index contributed by atoms with van der Waals surface area (Å²) in [6, 6.07) is 4.19. The Labute approximate surface area is 108 Å². The van der Waals surface area contributed by atoms with E-state index < -0.39 is 30.6 Å². The number of carbonyl (C=O) groups is 2. The number of benzene rings is 1. The third-order valence-electron chi connectivity index (χ3n) is 2.57. The van der Waals surface area contributed by atoms with Crippen LogP contribution < -0.4 is 4.74 Å². The van der Waals surface area contributed by atoms with E-state index in [0.29, 0.717) is 5.75 Å². The minimum atomic E-state index is -2.04. The van der Waals surface area contributed by atoms with Crippen LogP contribution in [0.1, 0.15) is 17.2 Å². The molecule has 2 unspecified atom stereocenters. The molecule has 7 heteroatoms. The fourth-order valence-corrected chi connectivity index (χ4v) is 1.60. The first-order valence-corrected chi connectivity index (χ1v) is 5.34. The van der Waals surface area contributed by atoms with Gasteiger partial charge in [-0.15, -0.1) is 0 Å². The molecule has 0 heterocycles. The second kappa shape index (κ2) is 6.17. The van der Waals surface area contributed by atoms with E-state index in [1.165, 1.54) is 25.3 Å². The number of aliphatic carboxylic acids is 2. The average molecular weight is 270 g/mol. The van der Waals surface area contributed by atoms with Gasteiger partial charge >= 0.3 is 11.9 Å². The Morgan fingerprint density at radius 2 is 1.89 bits per heavy atom. The summed E-state index contributed by atoms with van der Waals surface area (Å²) in [4.78, 5) is 21.4. The lowest BCUT2D eigenvalue weighted by Gasteiger charge is -2.18. The van der Waals surface area contributed by atoms with E-state index in [1.807, 2.05) is 0 Å². The van der Waals surface area contributed by atoms with Crippen molar-refractivity contribution in [2.45, 2.75) is 18.6 Å². The summed E-state index contributed by atoms with van der Waals surface area (Å²) in [5.41, 5.74) is 0.220. The molecular formula is C12H14O7. The first-order chi connectivity index (χ1) is 8.86. The van der Waals surface area contributed by atoms with Crippen molar-refractivity contribution in [2.24, 2.45) is 0 Å². The number of carboxylic acids is 2. The van der Waals surface area contributed by atoms with Gasteiger partial charge in [0.1, 0.15) is 11.9 Å². The van der Waals surface area contributed by atoms with Gasteiger partial charge in [0.2, 0.25) is 0 Å². The maximum atomic E-state index is 10.7. The maximum absolute atomic E-state index is 10.7. The Morgan fingerprint density at radius 1 is 1.26 bits per heavy atom. The van der Waals surface area contributed by atoms with E-state index in [0.717, 1.165) is 0 Å². The molecule has 0 aromatic heterocycles. The summed E-state index contributed by atoms with van der Waals surface area (Å²) in [5, 5.41) is 36.5. The fraction of sp³-hybridized carbons (Fsp3) is 0.333. The van der Waals surface area contributed by atoms with Crippen LogP contribution in [-0.4, -0.2) is 45.6 Å². The average Bonchev–Trinajstić information content (AvgIpc) is 2.36. The Morgan fingerprint density at radius 3 is 2.37 bits per heavy atom. The van der Waals surface area contributed by atoms with Gasteiger partial charge in [-0.2, -0.15) is 0 Å². The topological polar surface area (TPSA) is 124 Å². The Hall–Kier alpha value is -2.12. The van der Waals surface area contributed by atoms with Crippen LogP contribution in [0.4, 0.5) is 0 Å². The molecule has 7 nitrogen and oxygen atoms in total. The van der Waals surface area contributed by atoms with E-state index >= 15 is 0 Å². The summed E-state index contributed by atoms with van der Waals surface area (Å²) >= 11 is 0. The van der Waals surface area contributed by atoms with Gasteiger partial charge in [0.15, 0.2) is 6.10 Å². The SMILES string of the molecule is COc1ccc(CC(=O)O)c(C(O)C(O)C(=O)O)c1. The minimum absolute atomic E-state index is 0.0108. The second-order valence-corrected chi connectivity index (χ2v) is 3.86. The monoisotopic (exact) mass is 270 g/mol. The normalized spacial score (nSPS) is 13.6. The number of ether oxygens (including phenoxy) is 1. The zero-order valence-corrected chi connectivity index (χ0v) is 10.1.